The van der Waals surface area contributed by atoms with Crippen LogP contribution in [0.1, 0.15) is 27.0 Å². The normalized spacial score (nSPS) is 10.2. The summed E-state index contributed by atoms with van der Waals surface area (Å²) < 4.78 is 0. The van der Waals surface area contributed by atoms with Crippen LogP contribution in [-0.2, 0) is 6.54 Å². The van der Waals surface area contributed by atoms with Gasteiger partial charge < -0.3 is 16.5 Å². The molecule has 0 aliphatic heterocycles. The highest BCUT2D eigenvalue weighted by atomic mass is 35.5. The van der Waals surface area contributed by atoms with E-state index in [0.29, 0.717) is 28.4 Å². The molecule has 108 valence electrons. The summed E-state index contributed by atoms with van der Waals surface area (Å²) in [5.74, 6) is -0.213. The molecule has 0 unspecified atom stereocenters. The predicted octanol–water partition coefficient (Wildman–Crippen LogP) is 3.16. The number of anilines is 1. The van der Waals surface area contributed by atoms with E-state index in [1.807, 2.05) is 13.0 Å². The van der Waals surface area contributed by atoms with Crippen LogP contribution in [0.2, 0.25) is 5.02 Å². The second-order valence-corrected chi connectivity index (χ2v) is 5.12. The minimum Gasteiger partial charge on any atom is -0.398 e. The van der Waals surface area contributed by atoms with Gasteiger partial charge in [-0.1, -0.05) is 29.8 Å². The zero-order valence-corrected chi connectivity index (χ0v) is 12.4. The SMILES string of the molecule is Cc1ccc(C(=O)NCc2cccc(N)c2C=N)cc1Cl. The summed E-state index contributed by atoms with van der Waals surface area (Å²) in [6, 6.07) is 10.5. The van der Waals surface area contributed by atoms with Gasteiger partial charge in [0.15, 0.2) is 0 Å². The minimum absolute atomic E-state index is 0.213. The Balaban J connectivity index is 2.13. The van der Waals surface area contributed by atoms with Crippen molar-refractivity contribution in [2.45, 2.75) is 13.5 Å². The molecule has 0 aliphatic rings. The first-order valence-electron chi connectivity index (χ1n) is 6.45. The van der Waals surface area contributed by atoms with Crippen molar-refractivity contribution in [1.82, 2.24) is 5.32 Å². The van der Waals surface area contributed by atoms with Crippen LogP contribution in [0.4, 0.5) is 5.69 Å². The fraction of sp³-hybridized carbons (Fsp3) is 0.125. The third-order valence-electron chi connectivity index (χ3n) is 3.25. The molecule has 0 aromatic heterocycles. The number of rotatable bonds is 4. The average Bonchev–Trinajstić information content (AvgIpc) is 2.47. The Labute approximate surface area is 128 Å². The van der Waals surface area contributed by atoms with Gasteiger partial charge in [-0.05, 0) is 36.2 Å². The van der Waals surface area contributed by atoms with Crippen LogP contribution < -0.4 is 11.1 Å². The van der Waals surface area contributed by atoms with Crippen molar-refractivity contribution in [1.29, 1.82) is 5.41 Å². The summed E-state index contributed by atoms with van der Waals surface area (Å²) in [4.78, 5) is 12.1. The first kappa shape index (κ1) is 15.1. The van der Waals surface area contributed by atoms with E-state index < -0.39 is 0 Å². The van der Waals surface area contributed by atoms with Gasteiger partial charge >= 0.3 is 0 Å². The highest BCUT2D eigenvalue weighted by Gasteiger charge is 2.09. The Bertz CT molecular complexity index is 698. The molecule has 0 bridgehead atoms. The molecule has 0 saturated carbocycles. The van der Waals surface area contributed by atoms with Crippen LogP contribution in [-0.4, -0.2) is 12.1 Å². The fourth-order valence-electron chi connectivity index (χ4n) is 1.97. The highest BCUT2D eigenvalue weighted by Crippen LogP contribution is 2.17. The molecular weight excluding hydrogens is 286 g/mol. The number of nitrogens with one attached hydrogen (secondary N) is 2. The van der Waals surface area contributed by atoms with Crippen LogP contribution in [0.3, 0.4) is 0 Å². The van der Waals surface area contributed by atoms with E-state index in [4.69, 9.17) is 22.7 Å². The lowest BCUT2D eigenvalue weighted by molar-refractivity contribution is 0.0951. The van der Waals surface area contributed by atoms with Crippen LogP contribution in [0.15, 0.2) is 36.4 Å². The van der Waals surface area contributed by atoms with Gasteiger partial charge in [0.25, 0.3) is 5.91 Å². The topological polar surface area (TPSA) is 79.0 Å². The van der Waals surface area contributed by atoms with Crippen LogP contribution in [0.25, 0.3) is 0 Å². The van der Waals surface area contributed by atoms with Crippen LogP contribution in [0, 0.1) is 12.3 Å². The van der Waals surface area contributed by atoms with E-state index in [0.717, 1.165) is 11.1 Å². The number of aryl methyl sites for hydroxylation is 1. The van der Waals surface area contributed by atoms with Crippen molar-refractivity contribution >= 4 is 29.4 Å². The van der Waals surface area contributed by atoms with Gasteiger partial charge in [0.1, 0.15) is 0 Å². The number of carbonyl (C=O) groups is 1. The number of hydrogen-bond donors (Lipinski definition) is 3. The molecule has 0 radical (unpaired) electrons. The first-order chi connectivity index (χ1) is 10.0. The Hall–Kier alpha value is -2.33. The molecule has 0 saturated heterocycles. The molecule has 2 rings (SSSR count). The number of nitrogen functional groups attached to an aromatic ring is 1. The molecule has 0 fully saturated rings. The van der Waals surface area contributed by atoms with E-state index in [2.05, 4.69) is 5.32 Å². The smallest absolute Gasteiger partial charge is 0.251 e. The predicted molar refractivity (Wildman–Crippen MR) is 86.1 cm³/mol. The third-order valence-corrected chi connectivity index (χ3v) is 3.66. The van der Waals surface area contributed by atoms with E-state index in [-0.39, 0.29) is 5.91 Å². The van der Waals surface area contributed by atoms with Gasteiger partial charge in [-0.25, -0.2) is 0 Å². The molecule has 0 atom stereocenters. The maximum absolute atomic E-state index is 12.1. The van der Waals surface area contributed by atoms with Crippen molar-refractivity contribution in [3.05, 3.63) is 63.7 Å². The third kappa shape index (κ3) is 3.41. The Morgan fingerprint density at radius 1 is 1.38 bits per heavy atom. The Morgan fingerprint density at radius 3 is 2.81 bits per heavy atom. The van der Waals surface area contributed by atoms with Crippen molar-refractivity contribution in [2.24, 2.45) is 0 Å². The number of halogens is 1. The largest absolute Gasteiger partial charge is 0.398 e. The molecular formula is C16H16ClN3O. The standard InChI is InChI=1S/C16H16ClN3O/c1-10-5-6-11(7-14(10)17)16(21)20-9-12-3-2-4-15(19)13(12)8-18/h2-8,18H,9,19H2,1H3,(H,20,21). The molecule has 2 aromatic rings. The Morgan fingerprint density at radius 2 is 2.14 bits per heavy atom. The minimum atomic E-state index is -0.213. The number of hydrogen-bond acceptors (Lipinski definition) is 3. The van der Waals surface area contributed by atoms with Gasteiger partial charge in [-0.2, -0.15) is 0 Å². The Kier molecular flexibility index (Phi) is 4.60. The summed E-state index contributed by atoms with van der Waals surface area (Å²) >= 11 is 6.02. The van der Waals surface area contributed by atoms with Crippen molar-refractivity contribution in [3.63, 3.8) is 0 Å². The molecule has 0 aliphatic carbocycles. The lowest BCUT2D eigenvalue weighted by Gasteiger charge is -2.10. The second-order valence-electron chi connectivity index (χ2n) is 4.71. The second kappa shape index (κ2) is 6.41. The lowest BCUT2D eigenvalue weighted by atomic mass is 10.1. The quantitative estimate of drug-likeness (QED) is 0.599. The molecule has 1 amide bonds. The van der Waals surface area contributed by atoms with Gasteiger partial charge in [-0.3, -0.25) is 4.79 Å². The summed E-state index contributed by atoms with van der Waals surface area (Å²) in [6.45, 7) is 2.19. The number of nitrogens with two attached hydrogens (primary N) is 1. The molecule has 21 heavy (non-hydrogen) atoms. The molecule has 4 N–H and O–H groups in total. The molecule has 5 heteroatoms. The van der Waals surface area contributed by atoms with Gasteiger partial charge in [0, 0.05) is 34.6 Å². The zero-order chi connectivity index (χ0) is 15.4. The number of benzene rings is 2. The number of carbonyl (C=O) groups excluding carboxylic acids is 1. The van der Waals surface area contributed by atoms with Crippen LogP contribution >= 0.6 is 11.6 Å². The summed E-state index contributed by atoms with van der Waals surface area (Å²) in [6.07, 6.45) is 1.19. The van der Waals surface area contributed by atoms with Gasteiger partial charge in [0.2, 0.25) is 0 Å². The van der Waals surface area contributed by atoms with E-state index in [1.165, 1.54) is 6.21 Å². The monoisotopic (exact) mass is 301 g/mol. The molecule has 4 nitrogen and oxygen atoms in total. The van der Waals surface area contributed by atoms with Crippen LogP contribution in [0.5, 0.6) is 0 Å². The van der Waals surface area contributed by atoms with Crippen molar-refractivity contribution < 1.29 is 4.79 Å². The molecule has 2 aromatic carbocycles. The summed E-state index contributed by atoms with van der Waals surface area (Å²) in [5.41, 5.74) is 9.19. The number of amides is 1. The fourth-order valence-corrected chi connectivity index (χ4v) is 2.16. The highest BCUT2D eigenvalue weighted by molar-refractivity contribution is 6.31. The van der Waals surface area contributed by atoms with E-state index in [9.17, 15) is 4.79 Å². The van der Waals surface area contributed by atoms with E-state index >= 15 is 0 Å². The average molecular weight is 302 g/mol. The lowest BCUT2D eigenvalue weighted by Crippen LogP contribution is -2.23. The maximum Gasteiger partial charge on any atom is 0.251 e. The van der Waals surface area contributed by atoms with Crippen molar-refractivity contribution in [2.75, 3.05) is 5.73 Å². The maximum atomic E-state index is 12.1. The van der Waals surface area contributed by atoms with Gasteiger partial charge in [-0.15, -0.1) is 0 Å². The van der Waals surface area contributed by atoms with Crippen molar-refractivity contribution in [3.8, 4) is 0 Å². The molecule has 0 heterocycles. The summed E-state index contributed by atoms with van der Waals surface area (Å²) in [7, 11) is 0. The summed E-state index contributed by atoms with van der Waals surface area (Å²) in [5, 5.41) is 10.8. The van der Waals surface area contributed by atoms with Gasteiger partial charge in [0.05, 0.1) is 0 Å². The zero-order valence-electron chi connectivity index (χ0n) is 11.6. The molecule has 0 spiro atoms. The van der Waals surface area contributed by atoms with E-state index in [1.54, 1.807) is 30.3 Å². The first-order valence-corrected chi connectivity index (χ1v) is 6.83.